The minimum atomic E-state index is -0.0859. The molecule has 0 aliphatic heterocycles. The van der Waals surface area contributed by atoms with Crippen LogP contribution in [0, 0.1) is 0 Å². The number of hydrogen-bond donors (Lipinski definition) is 2. The van der Waals surface area contributed by atoms with Gasteiger partial charge in [0, 0.05) is 26.8 Å². The second kappa shape index (κ2) is 5.79. The van der Waals surface area contributed by atoms with Gasteiger partial charge in [0.25, 0.3) is 0 Å². The number of aromatic nitrogens is 3. The summed E-state index contributed by atoms with van der Waals surface area (Å²) < 4.78 is 6.98. The largest absolute Gasteiger partial charge is 0.396 e. The van der Waals surface area contributed by atoms with Crippen LogP contribution in [-0.2, 0) is 17.8 Å². The summed E-state index contributed by atoms with van der Waals surface area (Å²) in [4.78, 5) is 0. The average molecular weight is 214 g/mol. The van der Waals surface area contributed by atoms with Gasteiger partial charge in [-0.2, -0.15) is 0 Å². The maximum atomic E-state index is 8.76. The van der Waals surface area contributed by atoms with E-state index in [0.29, 0.717) is 19.5 Å². The van der Waals surface area contributed by atoms with Gasteiger partial charge in [0.1, 0.15) is 5.69 Å². The number of hydrogen-bond acceptors (Lipinski definition) is 5. The van der Waals surface area contributed by atoms with E-state index in [1.54, 1.807) is 11.8 Å². The lowest BCUT2D eigenvalue weighted by Crippen LogP contribution is -2.12. The molecule has 86 valence electrons. The minimum Gasteiger partial charge on any atom is -0.396 e. The number of aliphatic hydroxyl groups is 1. The van der Waals surface area contributed by atoms with Gasteiger partial charge in [0.15, 0.2) is 0 Å². The number of aryl methyl sites for hydroxylation is 1. The van der Waals surface area contributed by atoms with E-state index < -0.39 is 0 Å². The van der Waals surface area contributed by atoms with Crippen LogP contribution in [0.4, 0.5) is 0 Å². The monoisotopic (exact) mass is 214 g/mol. The van der Waals surface area contributed by atoms with Gasteiger partial charge >= 0.3 is 0 Å². The molecule has 1 unspecified atom stereocenters. The molecule has 0 radical (unpaired) electrons. The Morgan fingerprint density at radius 3 is 2.87 bits per heavy atom. The van der Waals surface area contributed by atoms with E-state index in [-0.39, 0.29) is 12.7 Å². The molecule has 3 N–H and O–H groups in total. The molecule has 6 nitrogen and oxygen atoms in total. The van der Waals surface area contributed by atoms with Crippen molar-refractivity contribution >= 4 is 0 Å². The number of methoxy groups -OCH3 is 1. The Labute approximate surface area is 89.0 Å². The molecule has 0 aromatic carbocycles. The van der Waals surface area contributed by atoms with Crippen molar-refractivity contribution in [2.45, 2.75) is 32.5 Å². The molecule has 0 aliphatic rings. The van der Waals surface area contributed by atoms with E-state index in [4.69, 9.17) is 15.6 Å². The van der Waals surface area contributed by atoms with Crippen molar-refractivity contribution in [3.05, 3.63) is 11.4 Å². The van der Waals surface area contributed by atoms with Gasteiger partial charge in [-0.3, -0.25) is 0 Å². The third kappa shape index (κ3) is 2.74. The zero-order chi connectivity index (χ0) is 11.3. The van der Waals surface area contributed by atoms with Crippen molar-refractivity contribution in [3.63, 3.8) is 0 Å². The number of ether oxygens (including phenoxy) is 1. The third-order valence-corrected chi connectivity index (χ3v) is 2.31. The zero-order valence-corrected chi connectivity index (χ0v) is 9.18. The van der Waals surface area contributed by atoms with Crippen LogP contribution in [-0.4, -0.2) is 33.8 Å². The van der Waals surface area contributed by atoms with Crippen LogP contribution in [0.1, 0.15) is 30.8 Å². The summed E-state index contributed by atoms with van der Waals surface area (Å²) in [5.74, 6) is 0. The van der Waals surface area contributed by atoms with E-state index in [0.717, 1.165) is 11.4 Å². The predicted octanol–water partition coefficient (Wildman–Crippen LogP) is -0.173. The first-order valence-electron chi connectivity index (χ1n) is 5.00. The van der Waals surface area contributed by atoms with Crippen LogP contribution >= 0.6 is 0 Å². The van der Waals surface area contributed by atoms with Gasteiger partial charge < -0.3 is 15.6 Å². The van der Waals surface area contributed by atoms with E-state index in [1.165, 1.54) is 0 Å². The lowest BCUT2D eigenvalue weighted by molar-refractivity contribution is 0.110. The van der Waals surface area contributed by atoms with Crippen LogP contribution < -0.4 is 5.73 Å². The molecule has 15 heavy (non-hydrogen) atoms. The zero-order valence-electron chi connectivity index (χ0n) is 9.18. The van der Waals surface area contributed by atoms with Gasteiger partial charge in [-0.05, 0) is 13.3 Å². The summed E-state index contributed by atoms with van der Waals surface area (Å²) in [7, 11) is 1.63. The fraction of sp³-hybridized carbons (Fsp3) is 0.778. The number of nitrogens with zero attached hydrogens (tertiary/aromatic N) is 3. The molecule has 1 heterocycles. The summed E-state index contributed by atoms with van der Waals surface area (Å²) in [5, 5.41) is 16.7. The molecule has 0 fully saturated rings. The average Bonchev–Trinajstić information content (AvgIpc) is 2.68. The fourth-order valence-electron chi connectivity index (χ4n) is 1.44. The molecule has 0 saturated heterocycles. The second-order valence-corrected chi connectivity index (χ2v) is 3.30. The van der Waals surface area contributed by atoms with Crippen molar-refractivity contribution < 1.29 is 9.84 Å². The van der Waals surface area contributed by atoms with Crippen molar-refractivity contribution in [2.24, 2.45) is 5.73 Å². The Hall–Kier alpha value is -0.980. The lowest BCUT2D eigenvalue weighted by atomic mass is 10.2. The first kappa shape index (κ1) is 12.1. The van der Waals surface area contributed by atoms with Crippen molar-refractivity contribution in [2.75, 3.05) is 13.7 Å². The normalized spacial score (nSPS) is 13.1. The van der Waals surface area contributed by atoms with Crippen LogP contribution in [0.15, 0.2) is 0 Å². The highest BCUT2D eigenvalue weighted by Gasteiger charge is 2.17. The molecule has 6 heteroatoms. The highest BCUT2D eigenvalue weighted by Crippen LogP contribution is 2.18. The fourth-order valence-corrected chi connectivity index (χ4v) is 1.44. The first-order chi connectivity index (χ1) is 7.24. The highest BCUT2D eigenvalue weighted by molar-refractivity contribution is 5.12. The molecule has 1 aromatic heterocycles. The van der Waals surface area contributed by atoms with E-state index in [9.17, 15) is 0 Å². The van der Waals surface area contributed by atoms with Gasteiger partial charge in [0.2, 0.25) is 0 Å². The standard InChI is InChI=1S/C9H18N4O2/c1-7(15-2)9-8(6-10)11-12-13(9)4-3-5-14/h7,14H,3-6,10H2,1-2H3. The van der Waals surface area contributed by atoms with Crippen molar-refractivity contribution in [1.82, 2.24) is 15.0 Å². The number of aliphatic hydroxyl groups excluding tert-OH is 1. The maximum Gasteiger partial charge on any atom is 0.102 e. The van der Waals surface area contributed by atoms with Crippen LogP contribution in [0.5, 0.6) is 0 Å². The predicted molar refractivity (Wildman–Crippen MR) is 55.0 cm³/mol. The Morgan fingerprint density at radius 2 is 2.33 bits per heavy atom. The van der Waals surface area contributed by atoms with Gasteiger partial charge in [0.05, 0.1) is 11.8 Å². The van der Waals surface area contributed by atoms with Gasteiger partial charge in [-0.15, -0.1) is 5.10 Å². The Balaban J connectivity index is 2.89. The topological polar surface area (TPSA) is 86.2 Å². The summed E-state index contributed by atoms with van der Waals surface area (Å²) in [6, 6.07) is 0. The SMILES string of the molecule is COC(C)c1c(CN)nnn1CCCO. The lowest BCUT2D eigenvalue weighted by Gasteiger charge is -2.12. The molecular weight excluding hydrogens is 196 g/mol. The number of nitrogens with two attached hydrogens (primary N) is 1. The molecule has 0 saturated carbocycles. The van der Waals surface area contributed by atoms with Gasteiger partial charge in [-0.25, -0.2) is 4.68 Å². The summed E-state index contributed by atoms with van der Waals surface area (Å²) in [5.41, 5.74) is 7.21. The summed E-state index contributed by atoms with van der Waals surface area (Å²) in [6.07, 6.45) is 0.564. The van der Waals surface area contributed by atoms with Gasteiger partial charge in [-0.1, -0.05) is 5.21 Å². The molecule has 0 amide bonds. The Bertz CT molecular complexity index is 300. The molecular formula is C9H18N4O2. The van der Waals surface area contributed by atoms with E-state index in [2.05, 4.69) is 10.3 Å². The highest BCUT2D eigenvalue weighted by atomic mass is 16.5. The van der Waals surface area contributed by atoms with Crippen molar-refractivity contribution in [3.8, 4) is 0 Å². The summed E-state index contributed by atoms with van der Waals surface area (Å²) in [6.45, 7) is 3.04. The summed E-state index contributed by atoms with van der Waals surface area (Å²) >= 11 is 0. The molecule has 0 spiro atoms. The van der Waals surface area contributed by atoms with Crippen LogP contribution in [0.3, 0.4) is 0 Å². The minimum absolute atomic E-state index is 0.0859. The second-order valence-electron chi connectivity index (χ2n) is 3.30. The van der Waals surface area contributed by atoms with Crippen LogP contribution in [0.25, 0.3) is 0 Å². The molecule has 0 bridgehead atoms. The molecule has 1 atom stereocenters. The molecule has 1 aromatic rings. The van der Waals surface area contributed by atoms with Crippen LogP contribution in [0.2, 0.25) is 0 Å². The molecule has 0 aliphatic carbocycles. The van der Waals surface area contributed by atoms with Crippen molar-refractivity contribution in [1.29, 1.82) is 0 Å². The Morgan fingerprint density at radius 1 is 1.60 bits per heavy atom. The smallest absolute Gasteiger partial charge is 0.102 e. The number of rotatable bonds is 6. The molecule has 1 rings (SSSR count). The maximum absolute atomic E-state index is 8.76. The quantitative estimate of drug-likeness (QED) is 0.686. The van der Waals surface area contributed by atoms with E-state index >= 15 is 0 Å². The first-order valence-corrected chi connectivity index (χ1v) is 5.00. The Kier molecular flexibility index (Phi) is 4.67. The third-order valence-electron chi connectivity index (χ3n) is 2.31. The van der Waals surface area contributed by atoms with E-state index in [1.807, 2.05) is 6.92 Å².